The van der Waals surface area contributed by atoms with Crippen LogP contribution in [0.2, 0.25) is 5.02 Å². The van der Waals surface area contributed by atoms with Crippen LogP contribution in [-0.2, 0) is 6.42 Å². The SMILES string of the molecule is NCCc1cc2ccccc2cc1Cl. The Labute approximate surface area is 88.5 Å². The van der Waals surface area contributed by atoms with Crippen LogP contribution in [0.1, 0.15) is 5.56 Å². The predicted molar refractivity (Wildman–Crippen MR) is 61.7 cm³/mol. The molecular weight excluding hydrogens is 194 g/mol. The lowest BCUT2D eigenvalue weighted by Gasteiger charge is -2.05. The highest BCUT2D eigenvalue weighted by Gasteiger charge is 2.01. The first-order valence-electron chi connectivity index (χ1n) is 4.68. The summed E-state index contributed by atoms with van der Waals surface area (Å²) in [5, 5.41) is 3.22. The fraction of sp³-hybridized carbons (Fsp3) is 0.167. The molecule has 0 fully saturated rings. The normalized spacial score (nSPS) is 10.7. The van der Waals surface area contributed by atoms with Gasteiger partial charge in [-0.1, -0.05) is 35.9 Å². The van der Waals surface area contributed by atoms with E-state index < -0.39 is 0 Å². The molecule has 0 spiro atoms. The maximum absolute atomic E-state index is 6.13. The van der Waals surface area contributed by atoms with Crippen molar-refractivity contribution in [2.24, 2.45) is 5.73 Å². The van der Waals surface area contributed by atoms with Crippen LogP contribution >= 0.6 is 11.6 Å². The third-order valence-electron chi connectivity index (χ3n) is 2.33. The minimum absolute atomic E-state index is 0.637. The molecule has 0 aromatic heterocycles. The van der Waals surface area contributed by atoms with Gasteiger partial charge in [0.15, 0.2) is 0 Å². The van der Waals surface area contributed by atoms with E-state index in [1.165, 1.54) is 10.8 Å². The van der Waals surface area contributed by atoms with Crippen molar-refractivity contribution in [3.05, 3.63) is 47.0 Å². The summed E-state index contributed by atoms with van der Waals surface area (Å²) in [7, 11) is 0. The molecule has 0 bridgehead atoms. The number of benzene rings is 2. The van der Waals surface area contributed by atoms with Crippen LogP contribution in [0, 0.1) is 0 Å². The number of halogens is 1. The Morgan fingerprint density at radius 1 is 1.07 bits per heavy atom. The van der Waals surface area contributed by atoms with E-state index in [1.54, 1.807) is 0 Å². The molecule has 1 nitrogen and oxygen atoms in total. The van der Waals surface area contributed by atoms with Crippen molar-refractivity contribution in [3.8, 4) is 0 Å². The Morgan fingerprint density at radius 2 is 1.71 bits per heavy atom. The maximum atomic E-state index is 6.13. The Morgan fingerprint density at radius 3 is 2.36 bits per heavy atom. The molecule has 2 N–H and O–H groups in total. The van der Waals surface area contributed by atoms with Crippen molar-refractivity contribution in [1.29, 1.82) is 0 Å². The summed E-state index contributed by atoms with van der Waals surface area (Å²) in [6.45, 7) is 0.637. The molecule has 2 rings (SSSR count). The zero-order chi connectivity index (χ0) is 9.97. The maximum Gasteiger partial charge on any atom is 0.0444 e. The summed E-state index contributed by atoms with van der Waals surface area (Å²) in [6, 6.07) is 12.3. The van der Waals surface area contributed by atoms with Gasteiger partial charge >= 0.3 is 0 Å². The number of rotatable bonds is 2. The largest absolute Gasteiger partial charge is 0.330 e. The minimum atomic E-state index is 0.637. The van der Waals surface area contributed by atoms with Gasteiger partial charge in [-0.3, -0.25) is 0 Å². The molecule has 2 aromatic rings. The fourth-order valence-electron chi connectivity index (χ4n) is 1.61. The summed E-state index contributed by atoms with van der Waals surface area (Å²) in [5.41, 5.74) is 6.65. The van der Waals surface area contributed by atoms with Crippen LogP contribution in [-0.4, -0.2) is 6.54 Å². The van der Waals surface area contributed by atoms with E-state index in [0.29, 0.717) is 6.54 Å². The highest BCUT2D eigenvalue weighted by molar-refractivity contribution is 6.32. The third kappa shape index (κ3) is 1.74. The molecule has 0 unspecified atom stereocenters. The van der Waals surface area contributed by atoms with Crippen LogP contribution in [0.4, 0.5) is 0 Å². The van der Waals surface area contributed by atoms with Crippen molar-refractivity contribution < 1.29 is 0 Å². The number of hydrogen-bond acceptors (Lipinski definition) is 1. The highest BCUT2D eigenvalue weighted by atomic mass is 35.5. The predicted octanol–water partition coefficient (Wildman–Crippen LogP) is 2.99. The molecule has 0 saturated heterocycles. The van der Waals surface area contributed by atoms with Gasteiger partial charge in [-0.05, 0) is 41.4 Å². The Bertz CT molecular complexity index is 451. The average molecular weight is 206 g/mol. The third-order valence-corrected chi connectivity index (χ3v) is 2.68. The van der Waals surface area contributed by atoms with Gasteiger partial charge < -0.3 is 5.73 Å². The van der Waals surface area contributed by atoms with Gasteiger partial charge in [-0.25, -0.2) is 0 Å². The van der Waals surface area contributed by atoms with Crippen molar-refractivity contribution in [2.75, 3.05) is 6.54 Å². The first kappa shape index (κ1) is 9.50. The van der Waals surface area contributed by atoms with Crippen LogP contribution in [0.3, 0.4) is 0 Å². The molecule has 2 aromatic carbocycles. The quantitative estimate of drug-likeness (QED) is 0.802. The average Bonchev–Trinajstić information content (AvgIpc) is 2.19. The lowest BCUT2D eigenvalue weighted by molar-refractivity contribution is 0.971. The lowest BCUT2D eigenvalue weighted by atomic mass is 10.1. The summed E-state index contributed by atoms with van der Waals surface area (Å²) in [4.78, 5) is 0. The highest BCUT2D eigenvalue weighted by Crippen LogP contribution is 2.23. The van der Waals surface area contributed by atoms with Crippen molar-refractivity contribution in [1.82, 2.24) is 0 Å². The summed E-state index contributed by atoms with van der Waals surface area (Å²) in [6.07, 6.45) is 0.837. The van der Waals surface area contributed by atoms with Crippen molar-refractivity contribution in [3.63, 3.8) is 0 Å². The molecular formula is C12H12ClN. The molecule has 0 atom stereocenters. The van der Waals surface area contributed by atoms with Crippen molar-refractivity contribution in [2.45, 2.75) is 6.42 Å². The second kappa shape index (κ2) is 3.99. The van der Waals surface area contributed by atoms with Gasteiger partial charge in [0, 0.05) is 5.02 Å². The van der Waals surface area contributed by atoms with E-state index in [0.717, 1.165) is 17.0 Å². The standard InChI is InChI=1S/C12H12ClN/c13-12-8-10-4-2-1-3-9(10)7-11(12)5-6-14/h1-4,7-8H,5-6,14H2. The molecule has 0 saturated carbocycles. The minimum Gasteiger partial charge on any atom is -0.330 e. The van der Waals surface area contributed by atoms with E-state index in [9.17, 15) is 0 Å². The van der Waals surface area contributed by atoms with E-state index in [4.69, 9.17) is 17.3 Å². The molecule has 0 radical (unpaired) electrons. The molecule has 72 valence electrons. The Kier molecular flexibility index (Phi) is 2.71. The van der Waals surface area contributed by atoms with E-state index in [-0.39, 0.29) is 0 Å². The van der Waals surface area contributed by atoms with E-state index in [1.807, 2.05) is 18.2 Å². The molecule has 2 heteroatoms. The molecule has 0 heterocycles. The zero-order valence-electron chi connectivity index (χ0n) is 7.83. The molecule has 0 aliphatic heterocycles. The van der Waals surface area contributed by atoms with Crippen LogP contribution < -0.4 is 5.73 Å². The molecule has 0 aliphatic rings. The van der Waals surface area contributed by atoms with Crippen LogP contribution in [0.25, 0.3) is 10.8 Å². The number of fused-ring (bicyclic) bond motifs is 1. The van der Waals surface area contributed by atoms with Gasteiger partial charge in [0.05, 0.1) is 0 Å². The topological polar surface area (TPSA) is 26.0 Å². The van der Waals surface area contributed by atoms with E-state index >= 15 is 0 Å². The van der Waals surface area contributed by atoms with Crippen molar-refractivity contribution >= 4 is 22.4 Å². The first-order chi connectivity index (χ1) is 6.81. The molecule has 0 amide bonds. The monoisotopic (exact) mass is 205 g/mol. The smallest absolute Gasteiger partial charge is 0.0444 e. The number of nitrogens with two attached hydrogens (primary N) is 1. The second-order valence-corrected chi connectivity index (χ2v) is 3.74. The van der Waals surface area contributed by atoms with Gasteiger partial charge in [0.25, 0.3) is 0 Å². The fourth-order valence-corrected chi connectivity index (χ4v) is 1.87. The van der Waals surface area contributed by atoms with Gasteiger partial charge in [-0.2, -0.15) is 0 Å². The summed E-state index contributed by atoms with van der Waals surface area (Å²) < 4.78 is 0. The Balaban J connectivity index is 2.59. The zero-order valence-corrected chi connectivity index (χ0v) is 8.59. The molecule has 0 aliphatic carbocycles. The van der Waals surface area contributed by atoms with Crippen LogP contribution in [0.15, 0.2) is 36.4 Å². The lowest BCUT2D eigenvalue weighted by Crippen LogP contribution is -2.03. The Hall–Kier alpha value is -1.05. The van der Waals surface area contributed by atoms with E-state index in [2.05, 4.69) is 18.2 Å². The van der Waals surface area contributed by atoms with Gasteiger partial charge in [0.1, 0.15) is 0 Å². The first-order valence-corrected chi connectivity index (χ1v) is 5.06. The molecule has 14 heavy (non-hydrogen) atoms. The summed E-state index contributed by atoms with van der Waals surface area (Å²) >= 11 is 6.13. The van der Waals surface area contributed by atoms with Crippen LogP contribution in [0.5, 0.6) is 0 Å². The number of hydrogen-bond donors (Lipinski definition) is 1. The van der Waals surface area contributed by atoms with Gasteiger partial charge in [-0.15, -0.1) is 0 Å². The van der Waals surface area contributed by atoms with Gasteiger partial charge in [0.2, 0.25) is 0 Å². The summed E-state index contributed by atoms with van der Waals surface area (Å²) in [5.74, 6) is 0. The second-order valence-electron chi connectivity index (χ2n) is 3.33.